The van der Waals surface area contributed by atoms with Crippen molar-refractivity contribution >= 4 is 0 Å². The first-order chi connectivity index (χ1) is 16.2. The molecule has 2 nitrogen and oxygen atoms in total. The van der Waals surface area contributed by atoms with E-state index < -0.39 is 47.7 Å². The minimum atomic E-state index is -4.47. The second-order valence-corrected chi connectivity index (χ2v) is 8.79. The molecule has 0 aromatic heterocycles. The predicted octanol–water partition coefficient (Wildman–Crippen LogP) is 8.40. The summed E-state index contributed by atoms with van der Waals surface area (Å²) in [5.74, 6) is -3.60. The van der Waals surface area contributed by atoms with E-state index in [1.54, 1.807) is 6.07 Å². The molecule has 0 heterocycles. The monoisotopic (exact) mass is 488 g/mol. The van der Waals surface area contributed by atoms with E-state index in [4.69, 9.17) is 4.74 Å². The molecule has 2 aromatic rings. The van der Waals surface area contributed by atoms with Crippen molar-refractivity contribution in [3.8, 4) is 5.75 Å². The summed E-state index contributed by atoms with van der Waals surface area (Å²) in [5.41, 5.74) is -0.557. The number of benzene rings is 2. The molecular weight excluding hydrogens is 458 g/mol. The zero-order valence-corrected chi connectivity index (χ0v) is 19.4. The summed E-state index contributed by atoms with van der Waals surface area (Å²) in [5, 5.41) is 0. The summed E-state index contributed by atoms with van der Waals surface area (Å²) < 4.78 is 95.1. The maximum absolute atomic E-state index is 14.7. The molecule has 1 atom stereocenters. The van der Waals surface area contributed by atoms with Crippen LogP contribution in [0, 0.1) is 23.4 Å². The Bertz CT molecular complexity index is 957. The van der Waals surface area contributed by atoms with Gasteiger partial charge in [0.05, 0.1) is 13.2 Å². The van der Waals surface area contributed by atoms with E-state index in [1.807, 2.05) is 0 Å². The maximum Gasteiger partial charge on any atom is 0.391 e. The highest BCUT2D eigenvalue weighted by molar-refractivity contribution is 5.33. The van der Waals surface area contributed by atoms with Crippen LogP contribution in [0.25, 0.3) is 0 Å². The van der Waals surface area contributed by atoms with E-state index in [9.17, 15) is 26.3 Å². The van der Waals surface area contributed by atoms with Gasteiger partial charge >= 0.3 is 6.11 Å². The third kappa shape index (κ3) is 6.06. The molecule has 0 N–H and O–H groups in total. The second-order valence-electron chi connectivity index (χ2n) is 8.79. The zero-order valence-electron chi connectivity index (χ0n) is 19.4. The smallest absolute Gasteiger partial charge is 0.391 e. The van der Waals surface area contributed by atoms with E-state index in [0.29, 0.717) is 17.5 Å². The summed E-state index contributed by atoms with van der Waals surface area (Å²) in [6.45, 7) is 2.89. The Hall–Kier alpha value is -2.22. The largest absolute Gasteiger partial charge is 0.491 e. The first-order valence-corrected chi connectivity index (χ1v) is 11.7. The van der Waals surface area contributed by atoms with Crippen LogP contribution in [0.4, 0.5) is 26.3 Å². The van der Waals surface area contributed by atoms with Gasteiger partial charge in [-0.2, -0.15) is 13.2 Å². The van der Waals surface area contributed by atoms with Crippen molar-refractivity contribution < 1.29 is 35.8 Å². The fourth-order valence-corrected chi connectivity index (χ4v) is 4.61. The molecule has 0 saturated heterocycles. The van der Waals surface area contributed by atoms with Crippen LogP contribution in [-0.2, 0) is 11.3 Å². The molecule has 0 spiro atoms. The molecule has 1 fully saturated rings. The van der Waals surface area contributed by atoms with Crippen LogP contribution in [0.1, 0.15) is 81.2 Å². The van der Waals surface area contributed by atoms with Gasteiger partial charge in [-0.3, -0.25) is 0 Å². The molecule has 0 aliphatic heterocycles. The van der Waals surface area contributed by atoms with Crippen molar-refractivity contribution in [1.29, 1.82) is 0 Å². The second kappa shape index (κ2) is 11.5. The molecule has 8 heteroatoms. The van der Waals surface area contributed by atoms with Gasteiger partial charge in [-0.1, -0.05) is 31.9 Å². The maximum atomic E-state index is 14.7. The molecular formula is C26H30F6O2. The Balaban J connectivity index is 1.64. The first kappa shape index (κ1) is 26.4. The van der Waals surface area contributed by atoms with E-state index >= 15 is 0 Å². The van der Waals surface area contributed by atoms with Crippen LogP contribution >= 0.6 is 0 Å². The van der Waals surface area contributed by atoms with Gasteiger partial charge < -0.3 is 9.47 Å². The SMILES string of the molecule is CCCC1CCC(c2ccc(COC(F)(F)C(F)c3ccc(OCC)c(F)c3F)cc2F)CC1. The van der Waals surface area contributed by atoms with E-state index in [1.165, 1.54) is 19.4 Å². The Kier molecular flexibility index (Phi) is 8.90. The Morgan fingerprint density at radius 2 is 1.68 bits per heavy atom. The van der Waals surface area contributed by atoms with E-state index in [-0.39, 0.29) is 18.1 Å². The normalized spacial score (nSPS) is 19.8. The lowest BCUT2D eigenvalue weighted by Crippen LogP contribution is -2.28. The lowest BCUT2D eigenvalue weighted by Gasteiger charge is -2.29. The van der Waals surface area contributed by atoms with Crippen LogP contribution in [0.5, 0.6) is 5.75 Å². The fourth-order valence-electron chi connectivity index (χ4n) is 4.61. The summed E-state index contributed by atoms with van der Waals surface area (Å²) in [4.78, 5) is 0. The number of halogens is 6. The summed E-state index contributed by atoms with van der Waals surface area (Å²) in [7, 11) is 0. The molecule has 1 aliphatic rings. The molecule has 3 rings (SSSR count). The molecule has 188 valence electrons. The minimum Gasteiger partial charge on any atom is -0.491 e. The van der Waals surface area contributed by atoms with Gasteiger partial charge in [0.25, 0.3) is 0 Å². The first-order valence-electron chi connectivity index (χ1n) is 11.7. The van der Waals surface area contributed by atoms with E-state index in [2.05, 4.69) is 11.7 Å². The van der Waals surface area contributed by atoms with Crippen LogP contribution < -0.4 is 4.74 Å². The fraction of sp³-hybridized carbons (Fsp3) is 0.538. The third-order valence-corrected chi connectivity index (χ3v) is 6.42. The minimum absolute atomic E-state index is 0.0174. The van der Waals surface area contributed by atoms with Crippen molar-refractivity contribution in [2.75, 3.05) is 6.61 Å². The zero-order chi connectivity index (χ0) is 24.9. The van der Waals surface area contributed by atoms with Crippen molar-refractivity contribution in [1.82, 2.24) is 0 Å². The van der Waals surface area contributed by atoms with Gasteiger partial charge in [0.1, 0.15) is 5.82 Å². The lowest BCUT2D eigenvalue weighted by molar-refractivity contribution is -0.282. The standard InChI is InChI=1S/C26H30F6O2/c1-3-5-16-6-9-18(10-7-16)19-11-8-17(14-21(19)27)15-34-26(31,32)25(30)20-12-13-22(33-4-2)24(29)23(20)28/h8,11-14,16,18,25H,3-7,9-10,15H2,1-2H3. The number of alkyl halides is 3. The van der Waals surface area contributed by atoms with Crippen molar-refractivity contribution in [3.63, 3.8) is 0 Å². The Morgan fingerprint density at radius 3 is 2.29 bits per heavy atom. The summed E-state index contributed by atoms with van der Waals surface area (Å²) >= 11 is 0. The van der Waals surface area contributed by atoms with Gasteiger partial charge in [-0.15, -0.1) is 0 Å². The number of ether oxygens (including phenoxy) is 2. The molecule has 0 amide bonds. The molecule has 0 radical (unpaired) electrons. The summed E-state index contributed by atoms with van der Waals surface area (Å²) in [6, 6.07) is 5.70. The lowest BCUT2D eigenvalue weighted by atomic mass is 9.77. The predicted molar refractivity (Wildman–Crippen MR) is 117 cm³/mol. The van der Waals surface area contributed by atoms with Gasteiger partial charge in [0.2, 0.25) is 12.0 Å². The van der Waals surface area contributed by atoms with E-state index in [0.717, 1.165) is 44.2 Å². The average molecular weight is 489 g/mol. The van der Waals surface area contributed by atoms with Crippen molar-refractivity contribution in [2.45, 2.75) is 77.2 Å². The molecule has 1 saturated carbocycles. The van der Waals surface area contributed by atoms with Gasteiger partial charge in [-0.05, 0) is 73.8 Å². The molecule has 1 unspecified atom stereocenters. The highest BCUT2D eigenvalue weighted by Crippen LogP contribution is 2.41. The molecule has 0 bridgehead atoms. The Labute approximate surface area is 196 Å². The van der Waals surface area contributed by atoms with Crippen molar-refractivity contribution in [2.24, 2.45) is 5.92 Å². The molecule has 2 aromatic carbocycles. The molecule has 34 heavy (non-hydrogen) atoms. The Morgan fingerprint density at radius 1 is 0.971 bits per heavy atom. The van der Waals surface area contributed by atoms with Gasteiger partial charge in [-0.25, -0.2) is 13.2 Å². The van der Waals surface area contributed by atoms with Gasteiger partial charge in [0, 0.05) is 5.56 Å². The highest BCUT2D eigenvalue weighted by Gasteiger charge is 2.45. The highest BCUT2D eigenvalue weighted by atomic mass is 19.3. The topological polar surface area (TPSA) is 18.5 Å². The number of hydrogen-bond donors (Lipinski definition) is 0. The van der Waals surface area contributed by atoms with Crippen LogP contribution in [0.3, 0.4) is 0 Å². The van der Waals surface area contributed by atoms with Gasteiger partial charge in [0.15, 0.2) is 11.6 Å². The molecule has 1 aliphatic carbocycles. The van der Waals surface area contributed by atoms with Crippen LogP contribution in [0.2, 0.25) is 0 Å². The summed E-state index contributed by atoms with van der Waals surface area (Å²) in [6.07, 6.45) is -1.60. The number of hydrogen-bond acceptors (Lipinski definition) is 2. The van der Waals surface area contributed by atoms with Crippen molar-refractivity contribution in [3.05, 3.63) is 64.5 Å². The average Bonchev–Trinajstić information content (AvgIpc) is 2.81. The number of rotatable bonds is 10. The van der Waals surface area contributed by atoms with Crippen LogP contribution in [0.15, 0.2) is 30.3 Å². The quantitative estimate of drug-likeness (QED) is 0.313. The third-order valence-electron chi connectivity index (χ3n) is 6.42. The van der Waals surface area contributed by atoms with Crippen LogP contribution in [-0.4, -0.2) is 12.7 Å².